The molecule has 1 aromatic carbocycles. The summed E-state index contributed by atoms with van der Waals surface area (Å²) in [5.74, 6) is -0.0528. The van der Waals surface area contributed by atoms with Crippen molar-refractivity contribution in [2.45, 2.75) is 19.8 Å². The molecule has 1 N–H and O–H groups in total. The topological polar surface area (TPSA) is 63.8 Å². The van der Waals surface area contributed by atoms with Gasteiger partial charge in [-0.1, -0.05) is 12.6 Å². The number of pyridine rings is 1. The second-order valence-electron chi connectivity index (χ2n) is 6.00. The van der Waals surface area contributed by atoms with Crippen LogP contribution in [-0.2, 0) is 11.2 Å². The lowest BCUT2D eigenvalue weighted by Gasteiger charge is -2.07. The Morgan fingerprint density at radius 3 is 2.68 bits per heavy atom. The first kappa shape index (κ1) is 16.8. The van der Waals surface area contributed by atoms with Gasteiger partial charge in [-0.25, -0.2) is 4.98 Å². The molecule has 0 aliphatic carbocycles. The number of fused-ring (bicyclic) bond motifs is 1. The Balaban J connectivity index is 1.95. The number of nitrogens with zero attached hydrogens (tertiary/aromatic N) is 2. The minimum Gasteiger partial charge on any atom is -0.489 e. The molecule has 0 saturated heterocycles. The van der Waals surface area contributed by atoms with Crippen LogP contribution in [0.25, 0.3) is 16.9 Å². The molecule has 0 spiro atoms. The Kier molecular flexibility index (Phi) is 4.84. The molecule has 3 rings (SSSR count). The van der Waals surface area contributed by atoms with Gasteiger partial charge < -0.3 is 14.2 Å². The van der Waals surface area contributed by atoms with E-state index in [0.717, 1.165) is 33.9 Å². The molecule has 25 heavy (non-hydrogen) atoms. The highest BCUT2D eigenvalue weighted by molar-refractivity contribution is 5.70. The molecule has 2 heterocycles. The summed E-state index contributed by atoms with van der Waals surface area (Å²) in [7, 11) is 0. The zero-order valence-corrected chi connectivity index (χ0v) is 14.1. The van der Waals surface area contributed by atoms with Crippen molar-refractivity contribution in [3.05, 3.63) is 66.5 Å². The molecule has 0 amide bonds. The van der Waals surface area contributed by atoms with Gasteiger partial charge in [-0.3, -0.25) is 4.79 Å². The number of carboxylic acids is 1. The fourth-order valence-electron chi connectivity index (χ4n) is 2.66. The number of ether oxygens (including phenoxy) is 1. The first-order valence-corrected chi connectivity index (χ1v) is 8.10. The van der Waals surface area contributed by atoms with Crippen molar-refractivity contribution in [1.82, 2.24) is 9.38 Å². The SMILES string of the molecule is C=C(C)COc1ccc(-c2nc3ccccn3c2CCC(=O)O)cc1. The maximum atomic E-state index is 11.0. The lowest BCUT2D eigenvalue weighted by Crippen LogP contribution is -2.01. The maximum absolute atomic E-state index is 11.0. The van der Waals surface area contributed by atoms with Crippen LogP contribution in [0.2, 0.25) is 0 Å². The molecule has 0 bridgehead atoms. The van der Waals surface area contributed by atoms with Gasteiger partial charge in [-0.15, -0.1) is 0 Å². The van der Waals surface area contributed by atoms with Crippen molar-refractivity contribution in [2.75, 3.05) is 6.61 Å². The normalized spacial score (nSPS) is 10.8. The summed E-state index contributed by atoms with van der Waals surface area (Å²) in [5.41, 5.74) is 4.40. The van der Waals surface area contributed by atoms with Gasteiger partial charge >= 0.3 is 5.97 Å². The number of aliphatic carboxylic acids is 1. The third kappa shape index (κ3) is 3.88. The largest absolute Gasteiger partial charge is 0.489 e. The van der Waals surface area contributed by atoms with Crippen LogP contribution in [0.3, 0.4) is 0 Å². The summed E-state index contributed by atoms with van der Waals surface area (Å²) >= 11 is 0. The average Bonchev–Trinajstić information content (AvgIpc) is 2.97. The molecule has 3 aromatic rings. The fourth-order valence-corrected chi connectivity index (χ4v) is 2.66. The van der Waals surface area contributed by atoms with E-state index in [2.05, 4.69) is 11.6 Å². The van der Waals surface area contributed by atoms with Crippen molar-refractivity contribution >= 4 is 11.6 Å². The quantitative estimate of drug-likeness (QED) is 0.663. The Bertz CT molecular complexity index is 910. The molecule has 0 aliphatic rings. The van der Waals surface area contributed by atoms with E-state index in [9.17, 15) is 4.79 Å². The van der Waals surface area contributed by atoms with Gasteiger partial charge in [0.1, 0.15) is 18.0 Å². The number of benzene rings is 1. The van der Waals surface area contributed by atoms with Crippen LogP contribution in [0, 0.1) is 0 Å². The first-order chi connectivity index (χ1) is 12.0. The maximum Gasteiger partial charge on any atom is 0.303 e. The second kappa shape index (κ2) is 7.21. The molecule has 2 aromatic heterocycles. The zero-order chi connectivity index (χ0) is 17.8. The number of imidazole rings is 1. The van der Waals surface area contributed by atoms with E-state index in [0.29, 0.717) is 13.0 Å². The van der Waals surface area contributed by atoms with E-state index in [1.54, 1.807) is 0 Å². The van der Waals surface area contributed by atoms with Gasteiger partial charge in [0.25, 0.3) is 0 Å². The van der Waals surface area contributed by atoms with E-state index < -0.39 is 5.97 Å². The molecule has 0 saturated carbocycles. The van der Waals surface area contributed by atoms with Crippen molar-refractivity contribution in [3.8, 4) is 17.0 Å². The molecule has 0 aliphatic heterocycles. The third-order valence-electron chi connectivity index (χ3n) is 3.82. The summed E-state index contributed by atoms with van der Waals surface area (Å²) in [6, 6.07) is 13.4. The molecule has 0 unspecified atom stereocenters. The number of hydrogen-bond donors (Lipinski definition) is 1. The molecule has 0 radical (unpaired) electrons. The van der Waals surface area contributed by atoms with E-state index in [-0.39, 0.29) is 6.42 Å². The van der Waals surface area contributed by atoms with Crippen molar-refractivity contribution < 1.29 is 14.6 Å². The predicted molar refractivity (Wildman–Crippen MR) is 96.9 cm³/mol. The van der Waals surface area contributed by atoms with Gasteiger partial charge in [0.2, 0.25) is 0 Å². The summed E-state index contributed by atoms with van der Waals surface area (Å²) < 4.78 is 7.57. The number of carbonyl (C=O) groups is 1. The van der Waals surface area contributed by atoms with Crippen LogP contribution < -0.4 is 4.74 Å². The minimum absolute atomic E-state index is 0.0650. The molecule has 128 valence electrons. The number of rotatable bonds is 7. The van der Waals surface area contributed by atoms with Crippen LogP contribution in [0.1, 0.15) is 19.0 Å². The van der Waals surface area contributed by atoms with Crippen LogP contribution in [-0.4, -0.2) is 27.1 Å². The van der Waals surface area contributed by atoms with Crippen LogP contribution in [0.5, 0.6) is 5.75 Å². The van der Waals surface area contributed by atoms with Gasteiger partial charge in [0.15, 0.2) is 0 Å². The predicted octanol–water partition coefficient (Wildman–Crippen LogP) is 3.97. The third-order valence-corrected chi connectivity index (χ3v) is 3.82. The van der Waals surface area contributed by atoms with Gasteiger partial charge in [0, 0.05) is 18.2 Å². The molecule has 0 fully saturated rings. The molecule has 5 heteroatoms. The molecule has 0 atom stereocenters. The van der Waals surface area contributed by atoms with E-state index in [4.69, 9.17) is 9.84 Å². The number of aryl methyl sites for hydroxylation is 1. The van der Waals surface area contributed by atoms with E-state index in [1.807, 2.05) is 60.0 Å². The number of hydrogen-bond acceptors (Lipinski definition) is 3. The number of carboxylic acid groups (broad SMARTS) is 1. The van der Waals surface area contributed by atoms with Crippen LogP contribution in [0.4, 0.5) is 0 Å². The van der Waals surface area contributed by atoms with Crippen molar-refractivity contribution in [3.63, 3.8) is 0 Å². The van der Waals surface area contributed by atoms with Gasteiger partial charge in [-0.05, 0) is 48.9 Å². The second-order valence-corrected chi connectivity index (χ2v) is 6.00. The lowest BCUT2D eigenvalue weighted by molar-refractivity contribution is -0.136. The smallest absolute Gasteiger partial charge is 0.303 e. The highest BCUT2D eigenvalue weighted by Gasteiger charge is 2.15. The van der Waals surface area contributed by atoms with Crippen molar-refractivity contribution in [2.24, 2.45) is 0 Å². The van der Waals surface area contributed by atoms with E-state index in [1.165, 1.54) is 0 Å². The summed E-state index contributed by atoms with van der Waals surface area (Å²) in [6.45, 7) is 6.22. The van der Waals surface area contributed by atoms with Gasteiger partial charge in [-0.2, -0.15) is 0 Å². The highest BCUT2D eigenvalue weighted by Crippen LogP contribution is 2.27. The van der Waals surface area contributed by atoms with Crippen LogP contribution >= 0.6 is 0 Å². The Hall–Kier alpha value is -3.08. The average molecular weight is 336 g/mol. The van der Waals surface area contributed by atoms with E-state index >= 15 is 0 Å². The Morgan fingerprint density at radius 2 is 2.00 bits per heavy atom. The standard InChI is InChI=1S/C20H20N2O3/c1-14(2)13-25-16-8-6-15(7-9-16)20-17(10-11-19(23)24)22-12-4-3-5-18(22)21-20/h3-9,12H,1,10-11,13H2,2H3,(H,23,24). The fraction of sp³-hybridized carbons (Fsp3) is 0.200. The first-order valence-electron chi connectivity index (χ1n) is 8.10. The van der Waals surface area contributed by atoms with Crippen molar-refractivity contribution in [1.29, 1.82) is 0 Å². The molecular formula is C20H20N2O3. The minimum atomic E-state index is -0.819. The highest BCUT2D eigenvalue weighted by atomic mass is 16.5. The van der Waals surface area contributed by atoms with Gasteiger partial charge in [0.05, 0.1) is 17.8 Å². The Morgan fingerprint density at radius 1 is 1.24 bits per heavy atom. The molecular weight excluding hydrogens is 316 g/mol. The monoisotopic (exact) mass is 336 g/mol. The molecule has 5 nitrogen and oxygen atoms in total. The van der Waals surface area contributed by atoms with Crippen LogP contribution in [0.15, 0.2) is 60.8 Å². The summed E-state index contributed by atoms with van der Waals surface area (Å²) in [6.07, 6.45) is 2.40. The summed E-state index contributed by atoms with van der Waals surface area (Å²) in [4.78, 5) is 15.7. The number of aromatic nitrogens is 2. The summed E-state index contributed by atoms with van der Waals surface area (Å²) in [5, 5.41) is 9.03. The lowest BCUT2D eigenvalue weighted by atomic mass is 10.1. The zero-order valence-electron chi connectivity index (χ0n) is 14.1. The Labute approximate surface area is 146 Å².